The number of ether oxygens (including phenoxy) is 4. The average Bonchev–Trinajstić information content (AvgIpc) is 2.93. The van der Waals surface area contributed by atoms with Crippen LogP contribution in [0.2, 0.25) is 30.1 Å². The molecule has 2 aliphatic carbocycles. The van der Waals surface area contributed by atoms with Crippen LogP contribution in [-0.2, 0) is 19.1 Å². The molecule has 2 saturated carbocycles. The standard InChI is InChI=1S/C30H28Cl6O8/c1-3-29(7-5-8-29)13-41-25(37)19-21(35)15(31)11-17(33)23(19)43-27(39)28(40)44-24-18(34)12-16(32)22(36)20(24)26(38)42-14-30(4-2)9-6-10-30/h11-12H,3-10,13-14H2,1-2H3. The second-order valence-electron chi connectivity index (χ2n) is 11.1. The highest BCUT2D eigenvalue weighted by atomic mass is 35.5. The van der Waals surface area contributed by atoms with E-state index in [-0.39, 0.29) is 54.2 Å². The Bertz CT molecular complexity index is 1380. The molecule has 44 heavy (non-hydrogen) atoms. The lowest BCUT2D eigenvalue weighted by atomic mass is 9.68. The molecule has 0 atom stereocenters. The van der Waals surface area contributed by atoms with Crippen molar-refractivity contribution in [2.24, 2.45) is 10.8 Å². The fourth-order valence-corrected chi connectivity index (χ4v) is 6.56. The van der Waals surface area contributed by atoms with Gasteiger partial charge in [0.15, 0.2) is 11.5 Å². The maximum Gasteiger partial charge on any atom is 0.423 e. The highest BCUT2D eigenvalue weighted by molar-refractivity contribution is 6.47. The molecule has 4 rings (SSSR count). The molecule has 0 heterocycles. The van der Waals surface area contributed by atoms with Gasteiger partial charge in [0.05, 0.1) is 43.3 Å². The summed E-state index contributed by atoms with van der Waals surface area (Å²) in [4.78, 5) is 52.1. The Kier molecular flexibility index (Phi) is 11.3. The fraction of sp³-hybridized carbons (Fsp3) is 0.467. The third kappa shape index (κ3) is 7.21. The van der Waals surface area contributed by atoms with E-state index < -0.39 is 46.5 Å². The molecule has 0 N–H and O–H groups in total. The van der Waals surface area contributed by atoms with E-state index in [1.54, 1.807) is 0 Å². The quantitative estimate of drug-likeness (QED) is 0.103. The van der Waals surface area contributed by atoms with E-state index in [2.05, 4.69) is 0 Å². The molecule has 0 bridgehead atoms. The second kappa shape index (κ2) is 14.2. The van der Waals surface area contributed by atoms with Crippen LogP contribution in [0, 0.1) is 10.8 Å². The van der Waals surface area contributed by atoms with Gasteiger partial charge in [-0.2, -0.15) is 0 Å². The maximum absolute atomic E-state index is 13.1. The molecule has 2 aliphatic rings. The fourth-order valence-electron chi connectivity index (χ4n) is 5.13. The van der Waals surface area contributed by atoms with Gasteiger partial charge in [-0.15, -0.1) is 0 Å². The van der Waals surface area contributed by atoms with Crippen LogP contribution in [-0.4, -0.2) is 37.1 Å². The molecule has 0 aromatic heterocycles. The highest BCUT2D eigenvalue weighted by Crippen LogP contribution is 2.46. The second-order valence-corrected chi connectivity index (χ2v) is 13.4. The number of benzene rings is 2. The van der Waals surface area contributed by atoms with Crippen molar-refractivity contribution in [2.75, 3.05) is 13.2 Å². The van der Waals surface area contributed by atoms with Crippen LogP contribution in [0.25, 0.3) is 0 Å². The van der Waals surface area contributed by atoms with Gasteiger partial charge in [-0.3, -0.25) is 0 Å². The Morgan fingerprint density at radius 3 is 1.23 bits per heavy atom. The summed E-state index contributed by atoms with van der Waals surface area (Å²) in [5.74, 6) is -6.32. The van der Waals surface area contributed by atoms with Crippen LogP contribution in [0.5, 0.6) is 11.5 Å². The molecule has 0 radical (unpaired) electrons. The molecule has 2 aromatic rings. The summed E-state index contributed by atoms with van der Waals surface area (Å²) in [5, 5.41) is -1.44. The van der Waals surface area contributed by atoms with Gasteiger partial charge in [-0.25, -0.2) is 19.2 Å². The van der Waals surface area contributed by atoms with Crippen molar-refractivity contribution in [1.82, 2.24) is 0 Å². The van der Waals surface area contributed by atoms with E-state index in [0.29, 0.717) is 0 Å². The molecule has 2 fully saturated rings. The van der Waals surface area contributed by atoms with Crippen LogP contribution in [0.1, 0.15) is 85.9 Å². The molecule has 2 aromatic carbocycles. The zero-order chi connectivity index (χ0) is 32.4. The van der Waals surface area contributed by atoms with Gasteiger partial charge in [-0.05, 0) is 50.7 Å². The number of rotatable bonds is 10. The number of carbonyl (C=O) groups is 4. The highest BCUT2D eigenvalue weighted by Gasteiger charge is 2.39. The third-order valence-electron chi connectivity index (χ3n) is 8.56. The topological polar surface area (TPSA) is 105 Å². The Balaban J connectivity index is 1.56. The van der Waals surface area contributed by atoms with E-state index in [4.69, 9.17) is 88.6 Å². The number of halogens is 6. The first kappa shape index (κ1) is 34.9. The summed E-state index contributed by atoms with van der Waals surface area (Å²) in [6.45, 7) is 4.20. The third-order valence-corrected chi connectivity index (χ3v) is 10.7. The predicted molar refractivity (Wildman–Crippen MR) is 168 cm³/mol. The summed E-state index contributed by atoms with van der Waals surface area (Å²) in [5.41, 5.74) is -1.21. The number of esters is 4. The molecule has 0 aliphatic heterocycles. The lowest BCUT2D eigenvalue weighted by Gasteiger charge is -2.40. The van der Waals surface area contributed by atoms with Crippen LogP contribution in [0.15, 0.2) is 12.1 Å². The minimum atomic E-state index is -1.63. The monoisotopic (exact) mass is 726 g/mol. The van der Waals surface area contributed by atoms with Gasteiger partial charge in [0, 0.05) is 10.8 Å². The first-order valence-electron chi connectivity index (χ1n) is 13.9. The molecule has 14 heteroatoms. The Labute approximate surface area is 284 Å². The van der Waals surface area contributed by atoms with Crippen molar-refractivity contribution < 1.29 is 38.1 Å². The molecular formula is C30H28Cl6O8. The van der Waals surface area contributed by atoms with Gasteiger partial charge in [0.25, 0.3) is 0 Å². The first-order valence-corrected chi connectivity index (χ1v) is 16.2. The summed E-state index contributed by atoms with van der Waals surface area (Å²) in [7, 11) is 0. The van der Waals surface area contributed by atoms with Crippen molar-refractivity contribution in [3.8, 4) is 11.5 Å². The van der Waals surface area contributed by atoms with E-state index in [1.165, 1.54) is 0 Å². The minimum Gasteiger partial charge on any atom is -0.461 e. The minimum absolute atomic E-state index is 0.103. The van der Waals surface area contributed by atoms with Crippen molar-refractivity contribution in [3.63, 3.8) is 0 Å². The number of hydrogen-bond acceptors (Lipinski definition) is 8. The lowest BCUT2D eigenvalue weighted by molar-refractivity contribution is -0.156. The van der Waals surface area contributed by atoms with E-state index in [0.717, 1.165) is 63.5 Å². The predicted octanol–water partition coefficient (Wildman–Crippen LogP) is 9.59. The van der Waals surface area contributed by atoms with Crippen LogP contribution < -0.4 is 9.47 Å². The van der Waals surface area contributed by atoms with E-state index >= 15 is 0 Å². The summed E-state index contributed by atoms with van der Waals surface area (Å²) in [6.07, 6.45) is 7.18. The van der Waals surface area contributed by atoms with Crippen molar-refractivity contribution in [1.29, 1.82) is 0 Å². The molecule has 0 amide bonds. The summed E-state index contributed by atoms with van der Waals surface area (Å²) < 4.78 is 21.4. The van der Waals surface area contributed by atoms with Gasteiger partial charge < -0.3 is 18.9 Å². The summed E-state index contributed by atoms with van der Waals surface area (Å²) in [6, 6.07) is 2.26. The molecule has 0 saturated heterocycles. The van der Waals surface area contributed by atoms with Gasteiger partial charge in [0.1, 0.15) is 11.1 Å². The Hall–Kier alpha value is -1.94. The first-order chi connectivity index (χ1) is 20.8. The maximum atomic E-state index is 13.1. The lowest BCUT2D eigenvalue weighted by Crippen LogP contribution is -2.35. The normalized spacial score (nSPS) is 16.3. The molecular weight excluding hydrogens is 701 g/mol. The zero-order valence-corrected chi connectivity index (χ0v) is 28.3. The van der Waals surface area contributed by atoms with E-state index in [1.807, 2.05) is 13.8 Å². The van der Waals surface area contributed by atoms with E-state index in [9.17, 15) is 19.2 Å². The summed E-state index contributed by atoms with van der Waals surface area (Å²) >= 11 is 37.3. The SMILES string of the molecule is CCC1(COC(=O)c2c(Cl)c(Cl)cc(Cl)c2OC(=O)C(=O)Oc2c(Cl)cc(Cl)c(Cl)c2C(=O)OCC2(CC)CCC2)CCC1. The van der Waals surface area contributed by atoms with Crippen LogP contribution >= 0.6 is 69.6 Å². The van der Waals surface area contributed by atoms with Crippen molar-refractivity contribution in [2.45, 2.75) is 65.2 Å². The smallest absolute Gasteiger partial charge is 0.423 e. The van der Waals surface area contributed by atoms with Gasteiger partial charge >= 0.3 is 23.9 Å². The number of hydrogen-bond donors (Lipinski definition) is 0. The Morgan fingerprint density at radius 1 is 0.614 bits per heavy atom. The average molecular weight is 729 g/mol. The van der Waals surface area contributed by atoms with Crippen LogP contribution in [0.4, 0.5) is 0 Å². The molecule has 0 unspecified atom stereocenters. The molecule has 238 valence electrons. The molecule has 8 nitrogen and oxygen atoms in total. The Morgan fingerprint density at radius 2 is 0.955 bits per heavy atom. The van der Waals surface area contributed by atoms with Crippen molar-refractivity contribution in [3.05, 3.63) is 53.4 Å². The number of carbonyl (C=O) groups excluding carboxylic acids is 4. The van der Waals surface area contributed by atoms with Gasteiger partial charge in [0.2, 0.25) is 0 Å². The largest absolute Gasteiger partial charge is 0.461 e. The molecule has 0 spiro atoms. The van der Waals surface area contributed by atoms with Crippen molar-refractivity contribution >= 4 is 93.5 Å². The van der Waals surface area contributed by atoms with Gasteiger partial charge in [-0.1, -0.05) is 96.3 Å². The van der Waals surface area contributed by atoms with Crippen LogP contribution in [0.3, 0.4) is 0 Å². The zero-order valence-electron chi connectivity index (χ0n) is 23.8.